The molecule has 0 N–H and O–H groups in total. The van der Waals surface area contributed by atoms with Crippen LogP contribution >= 0.6 is 15.9 Å². The Hall–Kier alpha value is -1.27. The highest BCUT2D eigenvalue weighted by atomic mass is 79.9. The van der Waals surface area contributed by atoms with Crippen molar-refractivity contribution in [3.63, 3.8) is 0 Å². The minimum atomic E-state index is 0.462. The smallest absolute Gasteiger partial charge is 0.137 e. The molecule has 0 saturated heterocycles. The summed E-state index contributed by atoms with van der Waals surface area (Å²) in [4.78, 5) is 1.72. The van der Waals surface area contributed by atoms with E-state index in [0.29, 0.717) is 17.9 Å². The molecule has 13 heavy (non-hydrogen) atoms. The number of benzene rings is 1. The van der Waals surface area contributed by atoms with E-state index < -0.39 is 0 Å². The Bertz CT molecular complexity index is 341. The minimum absolute atomic E-state index is 0.462. The van der Waals surface area contributed by atoms with Crippen molar-refractivity contribution >= 4 is 15.9 Å². The predicted octanol–water partition coefficient (Wildman–Crippen LogP) is 2.85. The first-order valence-electron chi connectivity index (χ1n) is 3.75. The maximum absolute atomic E-state index is 8.72. The number of halogens is 1. The lowest BCUT2D eigenvalue weighted by Gasteiger charge is -2.03. The average Bonchev–Trinajstić information content (AvgIpc) is 2.19. The molecule has 0 bridgehead atoms. The van der Waals surface area contributed by atoms with E-state index in [9.17, 15) is 0 Å². The molecule has 0 saturated carbocycles. The molecule has 0 fully saturated rings. The zero-order chi connectivity index (χ0) is 9.52. The van der Waals surface area contributed by atoms with Gasteiger partial charge in [0.2, 0.25) is 0 Å². The highest BCUT2D eigenvalue weighted by Crippen LogP contribution is 2.16. The van der Waals surface area contributed by atoms with Crippen LogP contribution in [0.5, 0.6) is 5.75 Å². The molecule has 0 radical (unpaired) electrons. The second-order valence-electron chi connectivity index (χ2n) is 2.28. The molecule has 0 aliphatic heterocycles. The van der Waals surface area contributed by atoms with E-state index in [1.54, 1.807) is 17.1 Å². The van der Waals surface area contributed by atoms with Crippen LogP contribution in [0.2, 0.25) is 0 Å². The first kappa shape index (κ1) is 9.82. The maximum atomic E-state index is 8.72. The van der Waals surface area contributed by atoms with E-state index >= 15 is 0 Å². The third-order valence-corrected chi connectivity index (χ3v) is 1.81. The van der Waals surface area contributed by atoms with E-state index in [1.165, 1.54) is 0 Å². The molecule has 0 unspecified atom stereocenters. The Labute approximate surface area is 85.6 Å². The third kappa shape index (κ3) is 2.92. The maximum Gasteiger partial charge on any atom is 0.137 e. The van der Waals surface area contributed by atoms with E-state index in [2.05, 4.69) is 22.0 Å². The fraction of sp³-hybridized carbons (Fsp3) is 0.100. The van der Waals surface area contributed by atoms with Gasteiger partial charge in [0.1, 0.15) is 18.4 Å². The van der Waals surface area contributed by atoms with Gasteiger partial charge < -0.3 is 4.74 Å². The van der Waals surface area contributed by atoms with Gasteiger partial charge in [0.05, 0.1) is 5.56 Å². The molecule has 0 aliphatic carbocycles. The van der Waals surface area contributed by atoms with E-state index in [1.807, 2.05) is 18.2 Å². The second-order valence-corrected chi connectivity index (χ2v) is 2.81. The molecule has 3 heteroatoms. The van der Waals surface area contributed by atoms with Crippen LogP contribution in [0.3, 0.4) is 0 Å². The molecule has 0 spiro atoms. The van der Waals surface area contributed by atoms with Crippen LogP contribution in [-0.4, -0.2) is 6.61 Å². The van der Waals surface area contributed by atoms with Gasteiger partial charge in [-0.05, 0) is 23.2 Å². The van der Waals surface area contributed by atoms with Gasteiger partial charge in [0, 0.05) is 0 Å². The van der Waals surface area contributed by atoms with Gasteiger partial charge in [0.15, 0.2) is 0 Å². The quantitative estimate of drug-likeness (QED) is 0.811. The van der Waals surface area contributed by atoms with Gasteiger partial charge >= 0.3 is 0 Å². The SMILES string of the molecule is N#Cc1ccccc1OC/C=C\Br. The van der Waals surface area contributed by atoms with Crippen molar-refractivity contribution in [1.82, 2.24) is 0 Å². The summed E-state index contributed by atoms with van der Waals surface area (Å²) in [5, 5.41) is 8.72. The number of nitriles is 1. The number of rotatable bonds is 3. The summed E-state index contributed by atoms with van der Waals surface area (Å²) in [6, 6.07) is 9.22. The van der Waals surface area contributed by atoms with Crippen LogP contribution in [0.4, 0.5) is 0 Å². The van der Waals surface area contributed by atoms with Crippen molar-refractivity contribution in [2.75, 3.05) is 6.61 Å². The second kappa shape index (κ2) is 5.39. The highest BCUT2D eigenvalue weighted by Gasteiger charge is 1.98. The molecule has 1 rings (SSSR count). The topological polar surface area (TPSA) is 33.0 Å². The van der Waals surface area contributed by atoms with Crippen molar-refractivity contribution in [2.24, 2.45) is 0 Å². The van der Waals surface area contributed by atoms with Gasteiger partial charge in [-0.15, -0.1) is 0 Å². The first-order chi connectivity index (χ1) is 6.38. The van der Waals surface area contributed by atoms with Crippen LogP contribution in [0.15, 0.2) is 35.3 Å². The molecule has 0 heterocycles. The fourth-order valence-corrected chi connectivity index (χ4v) is 1.01. The summed E-state index contributed by atoms with van der Waals surface area (Å²) in [7, 11) is 0. The van der Waals surface area contributed by atoms with Crippen LogP contribution in [0.1, 0.15) is 5.56 Å². The molecular weight excluding hydrogens is 230 g/mol. The van der Waals surface area contributed by atoms with Crippen molar-refractivity contribution in [3.05, 3.63) is 40.9 Å². The predicted molar refractivity (Wildman–Crippen MR) is 54.7 cm³/mol. The summed E-state index contributed by atoms with van der Waals surface area (Å²) < 4.78 is 5.33. The summed E-state index contributed by atoms with van der Waals surface area (Å²) in [6.07, 6.45) is 1.81. The lowest BCUT2D eigenvalue weighted by molar-refractivity contribution is 0.362. The zero-order valence-electron chi connectivity index (χ0n) is 6.90. The molecule has 1 aromatic rings. The first-order valence-corrected chi connectivity index (χ1v) is 4.67. The van der Waals surface area contributed by atoms with Gasteiger partial charge in [-0.3, -0.25) is 0 Å². The largest absolute Gasteiger partial charge is 0.488 e. The Morgan fingerprint density at radius 2 is 2.23 bits per heavy atom. The van der Waals surface area contributed by atoms with Gasteiger partial charge in [0.25, 0.3) is 0 Å². The molecule has 2 nitrogen and oxygen atoms in total. The Kier molecular flexibility index (Phi) is 4.07. The van der Waals surface area contributed by atoms with Gasteiger partial charge in [-0.25, -0.2) is 0 Å². The van der Waals surface area contributed by atoms with Crippen LogP contribution in [-0.2, 0) is 0 Å². The Morgan fingerprint density at radius 1 is 1.46 bits per heavy atom. The van der Waals surface area contributed by atoms with Crippen molar-refractivity contribution in [1.29, 1.82) is 5.26 Å². The van der Waals surface area contributed by atoms with Crippen LogP contribution < -0.4 is 4.74 Å². The van der Waals surface area contributed by atoms with E-state index in [4.69, 9.17) is 10.00 Å². The normalized spacial score (nSPS) is 9.85. The van der Waals surface area contributed by atoms with E-state index in [0.717, 1.165) is 0 Å². The number of ether oxygens (including phenoxy) is 1. The number of para-hydroxylation sites is 1. The monoisotopic (exact) mass is 237 g/mol. The molecule has 1 aromatic carbocycles. The minimum Gasteiger partial charge on any atom is -0.488 e. The summed E-state index contributed by atoms with van der Waals surface area (Å²) in [5.74, 6) is 0.621. The molecule has 0 aliphatic rings. The van der Waals surface area contributed by atoms with Crippen molar-refractivity contribution in [3.8, 4) is 11.8 Å². The lowest BCUT2D eigenvalue weighted by Crippen LogP contribution is -1.94. The number of hydrogen-bond acceptors (Lipinski definition) is 2. The Morgan fingerprint density at radius 3 is 2.92 bits per heavy atom. The zero-order valence-corrected chi connectivity index (χ0v) is 8.49. The van der Waals surface area contributed by atoms with Gasteiger partial charge in [-0.2, -0.15) is 5.26 Å². The van der Waals surface area contributed by atoms with Crippen LogP contribution in [0.25, 0.3) is 0 Å². The van der Waals surface area contributed by atoms with Crippen molar-refractivity contribution < 1.29 is 4.74 Å². The number of hydrogen-bond donors (Lipinski definition) is 0. The Balaban J connectivity index is 2.71. The highest BCUT2D eigenvalue weighted by molar-refractivity contribution is 9.11. The summed E-state index contributed by atoms with van der Waals surface area (Å²) in [5.41, 5.74) is 0.561. The van der Waals surface area contributed by atoms with Crippen molar-refractivity contribution in [2.45, 2.75) is 0 Å². The molecule has 0 atom stereocenters. The van der Waals surface area contributed by atoms with E-state index in [-0.39, 0.29) is 0 Å². The molecular formula is C10H8BrNO. The fourth-order valence-electron chi connectivity index (χ4n) is 0.859. The third-order valence-electron chi connectivity index (χ3n) is 1.43. The van der Waals surface area contributed by atoms with Gasteiger partial charge in [-0.1, -0.05) is 28.1 Å². The van der Waals surface area contributed by atoms with Crippen LogP contribution in [0, 0.1) is 11.3 Å². The summed E-state index contributed by atoms with van der Waals surface area (Å²) >= 11 is 3.13. The lowest BCUT2D eigenvalue weighted by atomic mass is 10.2. The average molecular weight is 238 g/mol. The molecule has 0 amide bonds. The molecule has 0 aromatic heterocycles. The number of nitrogens with zero attached hydrogens (tertiary/aromatic N) is 1. The summed E-state index contributed by atoms with van der Waals surface area (Å²) in [6.45, 7) is 0.462. The molecule has 66 valence electrons. The standard InChI is InChI=1S/C10H8BrNO/c11-6-3-7-13-10-5-2-1-4-9(10)8-12/h1-6H,7H2/b6-3-.